The number of carbonyl (C=O) groups is 5. The molecule has 48 heavy (non-hydrogen) atoms. The molecular formula is C25H27Cl3N9NaO10. The second-order valence-electron chi connectivity index (χ2n) is 7.05. The van der Waals surface area contributed by atoms with Crippen molar-refractivity contribution in [1.29, 1.82) is 5.41 Å². The van der Waals surface area contributed by atoms with Crippen LogP contribution in [0.1, 0.15) is 45.3 Å². The van der Waals surface area contributed by atoms with Gasteiger partial charge in [0.05, 0.1) is 25.9 Å². The molecular weight excluding hydrogens is 716 g/mol. The first-order valence-electron chi connectivity index (χ1n) is 12.2. The zero-order chi connectivity index (χ0) is 36.4. The number of aromatic nitrogens is 6. The summed E-state index contributed by atoms with van der Waals surface area (Å²) in [5.74, 6) is -4.35. The molecule has 254 valence electrons. The number of H-pyrrole nitrogens is 1. The standard InChI is InChI=1S/C8H12O5.C6H6ClN3O.C5H2Cl2N2O.C5H4N2O3.CH4N2.Na/c1-3-12-7(10)5-6(9)8(11)13-4-2;1-8-6(11)4-2-5(7)10-3-9-4;6-4-1-3(5(7)10)8-2-9-4;8-4-1-3(5(9)10)6-2-7-4;2-1-3;/h5,9H,3-4H2,1-2H3;2-3H,1H3,(H,8,11);1-2H;1-2H,(H,9,10)(H,6,7,8);1H,(H3,2,3);/q;;;;;+1/p-1/b6-5+;;;;;. The van der Waals surface area contributed by atoms with Gasteiger partial charge in [0.2, 0.25) is 0 Å². The molecule has 0 unspecified atom stereocenters. The molecule has 0 atom stereocenters. The van der Waals surface area contributed by atoms with Gasteiger partial charge < -0.3 is 35.7 Å². The first-order valence-corrected chi connectivity index (χ1v) is 13.4. The number of nitrogens with two attached hydrogens (primary N) is 1. The van der Waals surface area contributed by atoms with Gasteiger partial charge >= 0.3 is 47.5 Å². The van der Waals surface area contributed by atoms with Crippen molar-refractivity contribution in [2.24, 2.45) is 5.73 Å². The smallest absolute Gasteiger partial charge is 0.867 e. The first-order chi connectivity index (χ1) is 22.2. The molecule has 0 fully saturated rings. The Morgan fingerprint density at radius 1 is 0.958 bits per heavy atom. The second kappa shape index (κ2) is 28.7. The molecule has 1 amide bonds. The minimum absolute atomic E-state index is 0. The maximum absolute atomic E-state index is 10.9. The Balaban J connectivity index is -0.000000545. The number of aromatic amines is 1. The van der Waals surface area contributed by atoms with E-state index in [-0.39, 0.29) is 76.1 Å². The number of nitrogens with zero attached hydrogens (tertiary/aromatic N) is 5. The van der Waals surface area contributed by atoms with E-state index in [0.29, 0.717) is 6.08 Å². The molecule has 3 heterocycles. The van der Waals surface area contributed by atoms with Gasteiger partial charge in [-0.25, -0.2) is 39.3 Å². The SMILES string of the molecule is CCOC(=O)/C=C(/[O-])C(=O)OCC.CNC(=O)c1cc(Cl)ncn1.N=CN.O=C(Cl)c1cc(Cl)ncn1.O=C(O)c1cc(=O)[nH]cn1.[Na+]. The van der Waals surface area contributed by atoms with Crippen molar-refractivity contribution >= 4 is 70.2 Å². The summed E-state index contributed by atoms with van der Waals surface area (Å²) in [6.07, 6.45) is 4.79. The van der Waals surface area contributed by atoms with Gasteiger partial charge in [0.15, 0.2) is 5.69 Å². The van der Waals surface area contributed by atoms with E-state index in [9.17, 15) is 33.9 Å². The number of carbonyl (C=O) groups excluding carboxylic acids is 4. The van der Waals surface area contributed by atoms with E-state index in [4.69, 9.17) is 45.3 Å². The van der Waals surface area contributed by atoms with Crippen LogP contribution in [-0.4, -0.2) is 90.7 Å². The molecule has 3 rings (SSSR count). The van der Waals surface area contributed by atoms with Gasteiger partial charge in [-0.3, -0.25) is 19.8 Å². The molecule has 19 nitrogen and oxygen atoms in total. The van der Waals surface area contributed by atoms with Crippen molar-refractivity contribution in [2.45, 2.75) is 13.8 Å². The number of rotatable bonds is 7. The predicted octanol–water partition coefficient (Wildman–Crippen LogP) is -2.62. The van der Waals surface area contributed by atoms with E-state index in [1.807, 2.05) is 0 Å². The third kappa shape index (κ3) is 23.8. The molecule has 6 N–H and O–H groups in total. The summed E-state index contributed by atoms with van der Waals surface area (Å²) in [7, 11) is 1.53. The van der Waals surface area contributed by atoms with Crippen molar-refractivity contribution in [3.63, 3.8) is 0 Å². The number of hydrogen-bond donors (Lipinski definition) is 5. The molecule has 0 aliphatic heterocycles. The molecule has 0 aliphatic rings. The molecule has 0 aromatic carbocycles. The minimum atomic E-state index is -1.20. The van der Waals surface area contributed by atoms with Gasteiger partial charge in [-0.05, 0) is 31.2 Å². The van der Waals surface area contributed by atoms with Crippen LogP contribution in [-0.2, 0) is 19.1 Å². The molecule has 0 saturated carbocycles. The number of aromatic carboxylic acids is 1. The van der Waals surface area contributed by atoms with E-state index in [2.05, 4.69) is 50.4 Å². The third-order valence-electron chi connectivity index (χ3n) is 3.84. The van der Waals surface area contributed by atoms with Crippen molar-refractivity contribution in [3.8, 4) is 0 Å². The van der Waals surface area contributed by atoms with Gasteiger partial charge in [0, 0.05) is 31.3 Å². The quantitative estimate of drug-likeness (QED) is 0.0242. The summed E-state index contributed by atoms with van der Waals surface area (Å²) >= 11 is 16.0. The zero-order valence-corrected chi connectivity index (χ0v) is 29.9. The number of carboxylic acids is 1. The normalized spacial score (nSPS) is 9.17. The fourth-order valence-electron chi connectivity index (χ4n) is 2.06. The van der Waals surface area contributed by atoms with E-state index in [1.54, 1.807) is 13.8 Å². The Morgan fingerprint density at radius 3 is 1.83 bits per heavy atom. The van der Waals surface area contributed by atoms with Crippen LogP contribution in [0.4, 0.5) is 0 Å². The number of nitrogens with one attached hydrogen (secondary N) is 3. The minimum Gasteiger partial charge on any atom is -0.867 e. The molecule has 0 aliphatic carbocycles. The van der Waals surface area contributed by atoms with E-state index < -0.39 is 34.5 Å². The summed E-state index contributed by atoms with van der Waals surface area (Å²) in [5, 5.41) is 27.2. The van der Waals surface area contributed by atoms with E-state index in [1.165, 1.54) is 31.8 Å². The van der Waals surface area contributed by atoms with Crippen molar-refractivity contribution in [1.82, 2.24) is 35.2 Å². The number of halogens is 3. The summed E-state index contributed by atoms with van der Waals surface area (Å²) in [5.41, 5.74) is 4.06. The molecule has 3 aromatic heterocycles. The van der Waals surface area contributed by atoms with E-state index >= 15 is 0 Å². The van der Waals surface area contributed by atoms with Crippen LogP contribution in [0.15, 0.2) is 53.8 Å². The van der Waals surface area contributed by atoms with Crippen LogP contribution in [0.5, 0.6) is 0 Å². The summed E-state index contributed by atoms with van der Waals surface area (Å²) in [6, 6.07) is 3.62. The van der Waals surface area contributed by atoms with Crippen LogP contribution in [0.3, 0.4) is 0 Å². The summed E-state index contributed by atoms with van der Waals surface area (Å²) in [4.78, 5) is 83.3. The van der Waals surface area contributed by atoms with Gasteiger partial charge in [-0.1, -0.05) is 23.2 Å². The number of ether oxygens (including phenoxy) is 2. The largest absolute Gasteiger partial charge is 1.00 e. The Bertz CT molecular complexity index is 1580. The van der Waals surface area contributed by atoms with Crippen LogP contribution >= 0.6 is 34.8 Å². The molecule has 3 aromatic rings. The Morgan fingerprint density at radius 2 is 1.46 bits per heavy atom. The predicted molar refractivity (Wildman–Crippen MR) is 164 cm³/mol. The molecule has 0 saturated heterocycles. The average Bonchev–Trinajstić information content (AvgIpc) is 3.02. The van der Waals surface area contributed by atoms with Gasteiger partial charge in [-0.15, -0.1) is 0 Å². The fraction of sp³-hybridized carbons (Fsp3) is 0.200. The number of amides is 1. The van der Waals surface area contributed by atoms with Gasteiger partial charge in [0.1, 0.15) is 34.3 Å². The molecule has 0 radical (unpaired) electrons. The number of carboxylic acid groups (broad SMARTS) is 1. The fourth-order valence-corrected chi connectivity index (χ4v) is 2.46. The first kappa shape index (κ1) is 47.9. The maximum Gasteiger partial charge on any atom is 1.00 e. The molecule has 23 heteroatoms. The monoisotopic (exact) mass is 741 g/mol. The van der Waals surface area contributed by atoms with Crippen LogP contribution < -0.4 is 51.3 Å². The maximum atomic E-state index is 10.9. The van der Waals surface area contributed by atoms with Crippen LogP contribution in [0.25, 0.3) is 0 Å². The third-order valence-corrected chi connectivity index (χ3v) is 4.45. The van der Waals surface area contributed by atoms with Gasteiger partial charge in [-0.2, -0.15) is 0 Å². The second-order valence-corrected chi connectivity index (χ2v) is 8.17. The van der Waals surface area contributed by atoms with Crippen LogP contribution in [0.2, 0.25) is 10.3 Å². The van der Waals surface area contributed by atoms with Crippen molar-refractivity contribution in [2.75, 3.05) is 20.3 Å². The Labute approximate surface area is 309 Å². The Kier molecular flexibility index (Phi) is 28.6. The van der Waals surface area contributed by atoms with Crippen LogP contribution in [0, 0.1) is 5.41 Å². The summed E-state index contributed by atoms with van der Waals surface area (Å²) < 4.78 is 8.77. The topological polar surface area (TPSA) is 306 Å². The van der Waals surface area contributed by atoms with E-state index in [0.717, 1.165) is 18.7 Å². The van der Waals surface area contributed by atoms with Crippen molar-refractivity contribution in [3.05, 3.63) is 86.8 Å². The Hall–Kier alpha value is -4.53. The zero-order valence-electron chi connectivity index (χ0n) is 25.6. The number of hydrogen-bond acceptors (Lipinski definition) is 15. The number of esters is 2. The average molecular weight is 743 g/mol. The molecule has 0 spiro atoms. The molecule has 0 bridgehead atoms. The summed E-state index contributed by atoms with van der Waals surface area (Å²) in [6.45, 7) is 3.42. The van der Waals surface area contributed by atoms with Crippen molar-refractivity contribution < 1.29 is 73.2 Å². The van der Waals surface area contributed by atoms with Gasteiger partial charge in [0.25, 0.3) is 16.7 Å².